The Balaban J connectivity index is 2.13. The van der Waals surface area contributed by atoms with Crippen LogP contribution in [0.1, 0.15) is 5.56 Å². The number of phosphoric ester groups is 1. The fraction of sp³-hybridized carbons (Fsp3) is 0. The lowest BCUT2D eigenvalue weighted by Crippen LogP contribution is -2.36. The Kier molecular flexibility index (Phi) is 4.55. The lowest BCUT2D eigenvalue weighted by Gasteiger charge is -2.24. The highest BCUT2D eigenvalue weighted by Gasteiger charge is 2.36. The van der Waals surface area contributed by atoms with Crippen LogP contribution in [0.2, 0.25) is 0 Å². The molecule has 1 amide bonds. The van der Waals surface area contributed by atoms with Gasteiger partial charge in [0.2, 0.25) is 0 Å². The van der Waals surface area contributed by atoms with Gasteiger partial charge in [0, 0.05) is 11.8 Å². The van der Waals surface area contributed by atoms with Gasteiger partial charge in [-0.2, -0.15) is 0 Å². The number of pyridine rings is 1. The molecule has 1 aliphatic heterocycles. The van der Waals surface area contributed by atoms with Crippen LogP contribution in [0, 0.1) is 0 Å². The predicted molar refractivity (Wildman–Crippen MR) is 89.7 cm³/mol. The largest absolute Gasteiger partial charge is 0.524 e. The van der Waals surface area contributed by atoms with Gasteiger partial charge in [0.1, 0.15) is 5.82 Å². The highest BCUT2D eigenvalue weighted by molar-refractivity contribution is 7.89. The Hall–Kier alpha value is -2.72. The molecule has 0 unspecified atom stereocenters. The van der Waals surface area contributed by atoms with E-state index < -0.39 is 35.2 Å². The average molecular weight is 397 g/mol. The summed E-state index contributed by atoms with van der Waals surface area (Å²) in [5.41, 5.74) is -0.821. The quantitative estimate of drug-likeness (QED) is 0.552. The minimum Gasteiger partial charge on any atom is -0.401 e. The molecule has 2 aromatic rings. The van der Waals surface area contributed by atoms with Gasteiger partial charge in [-0.25, -0.2) is 18.0 Å². The summed E-state index contributed by atoms with van der Waals surface area (Å²) in [6, 6.07) is 10.00. The van der Waals surface area contributed by atoms with Crippen LogP contribution in [0.3, 0.4) is 0 Å². The fourth-order valence-corrected chi connectivity index (χ4v) is 3.94. The van der Waals surface area contributed by atoms with Crippen molar-refractivity contribution in [1.29, 1.82) is 0 Å². The standard InChI is InChI=1S/C14H12N3O7PS/c18-14(16-11-7-3-4-8-15-11)12-13(24-25(19,20)21)9-5-1-2-6-10(9)26(22,23)17-12/h1-8,17H,(H,15,16,18)(H2,19,20,21). The van der Waals surface area contributed by atoms with Crippen LogP contribution in [0.4, 0.5) is 5.82 Å². The number of carbonyl (C=O) groups is 1. The molecule has 0 aliphatic carbocycles. The van der Waals surface area contributed by atoms with Gasteiger partial charge in [0.25, 0.3) is 15.9 Å². The van der Waals surface area contributed by atoms with Gasteiger partial charge >= 0.3 is 7.82 Å². The number of amides is 1. The molecule has 0 saturated carbocycles. The second-order valence-corrected chi connectivity index (χ2v) is 7.87. The first-order chi connectivity index (χ1) is 12.2. The molecule has 136 valence electrons. The minimum absolute atomic E-state index is 0.110. The van der Waals surface area contributed by atoms with Crippen LogP contribution in [-0.4, -0.2) is 29.1 Å². The summed E-state index contributed by atoms with van der Waals surface area (Å²) in [6.07, 6.45) is 1.40. The van der Waals surface area contributed by atoms with Gasteiger partial charge in [-0.05, 0) is 24.3 Å². The highest BCUT2D eigenvalue weighted by Crippen LogP contribution is 2.45. The molecular formula is C14H12N3O7PS. The maximum absolute atomic E-state index is 12.5. The molecule has 3 rings (SSSR count). The zero-order valence-corrected chi connectivity index (χ0v) is 14.6. The summed E-state index contributed by atoms with van der Waals surface area (Å²) < 4.78 is 42.6. The molecule has 4 N–H and O–H groups in total. The van der Waals surface area contributed by atoms with Crippen molar-refractivity contribution in [2.75, 3.05) is 5.32 Å². The van der Waals surface area contributed by atoms with Crippen molar-refractivity contribution in [1.82, 2.24) is 9.71 Å². The highest BCUT2D eigenvalue weighted by atomic mass is 32.2. The summed E-state index contributed by atoms with van der Waals surface area (Å²) in [5, 5.41) is 2.33. The van der Waals surface area contributed by atoms with E-state index >= 15 is 0 Å². The number of rotatable bonds is 4. The van der Waals surface area contributed by atoms with E-state index in [4.69, 9.17) is 9.79 Å². The van der Waals surface area contributed by atoms with Crippen molar-refractivity contribution in [2.24, 2.45) is 0 Å². The van der Waals surface area contributed by atoms with Crippen molar-refractivity contribution in [2.45, 2.75) is 4.90 Å². The van der Waals surface area contributed by atoms with Gasteiger partial charge in [-0.3, -0.25) is 19.3 Å². The number of aromatic nitrogens is 1. The zero-order chi connectivity index (χ0) is 18.9. The summed E-state index contributed by atoms with van der Waals surface area (Å²) >= 11 is 0. The maximum Gasteiger partial charge on any atom is 0.524 e. The zero-order valence-electron chi connectivity index (χ0n) is 12.9. The second kappa shape index (κ2) is 6.54. The number of hydrogen-bond acceptors (Lipinski definition) is 6. The maximum atomic E-state index is 12.5. The molecule has 0 bridgehead atoms. The number of hydrogen-bond donors (Lipinski definition) is 4. The van der Waals surface area contributed by atoms with E-state index in [1.165, 1.54) is 36.5 Å². The summed E-state index contributed by atoms with van der Waals surface area (Å²) in [4.78, 5) is 34.4. The third-order valence-electron chi connectivity index (χ3n) is 3.23. The first kappa shape index (κ1) is 18.1. The van der Waals surface area contributed by atoms with Gasteiger partial charge in [-0.1, -0.05) is 18.2 Å². The van der Waals surface area contributed by atoms with E-state index in [9.17, 15) is 17.8 Å². The average Bonchev–Trinajstić information content (AvgIpc) is 2.57. The number of anilines is 1. The molecule has 1 aromatic carbocycles. The predicted octanol–water partition coefficient (Wildman–Crippen LogP) is 0.790. The number of nitrogens with one attached hydrogen (secondary N) is 2. The Morgan fingerprint density at radius 1 is 1.15 bits per heavy atom. The number of sulfonamides is 1. The molecule has 1 aromatic heterocycles. The molecular weight excluding hydrogens is 385 g/mol. The van der Waals surface area contributed by atoms with Gasteiger partial charge in [0.05, 0.1) is 4.90 Å². The van der Waals surface area contributed by atoms with E-state index in [1.54, 1.807) is 12.1 Å². The van der Waals surface area contributed by atoms with Crippen molar-refractivity contribution in [3.05, 3.63) is 59.9 Å². The SMILES string of the molecule is O=C(Nc1ccccn1)C1=C(OP(=O)(O)O)c2ccccc2S(=O)(=O)N1. The molecule has 26 heavy (non-hydrogen) atoms. The topological polar surface area (TPSA) is 155 Å². The summed E-state index contributed by atoms with van der Waals surface area (Å²) in [5.74, 6) is -1.47. The normalized spacial score (nSPS) is 15.6. The van der Waals surface area contributed by atoms with Crippen molar-refractivity contribution >= 4 is 35.3 Å². The first-order valence-corrected chi connectivity index (χ1v) is 10.0. The number of fused-ring (bicyclic) bond motifs is 1. The molecule has 0 fully saturated rings. The first-order valence-electron chi connectivity index (χ1n) is 7.01. The molecule has 0 atom stereocenters. The third kappa shape index (κ3) is 3.75. The number of carbonyl (C=O) groups excluding carboxylic acids is 1. The van der Waals surface area contributed by atoms with Crippen LogP contribution in [0.5, 0.6) is 0 Å². The second-order valence-electron chi connectivity index (χ2n) is 5.06. The fourth-order valence-electron chi connectivity index (χ4n) is 2.24. The van der Waals surface area contributed by atoms with Crippen molar-refractivity contribution in [3.63, 3.8) is 0 Å². The minimum atomic E-state index is -5.08. The van der Waals surface area contributed by atoms with Crippen molar-refractivity contribution in [3.8, 4) is 0 Å². The molecule has 0 radical (unpaired) electrons. The summed E-state index contributed by atoms with van der Waals surface area (Å²) in [7, 11) is -9.22. The van der Waals surface area contributed by atoms with Crippen LogP contribution in [-0.2, 0) is 23.9 Å². The Morgan fingerprint density at radius 2 is 1.85 bits per heavy atom. The third-order valence-corrected chi connectivity index (χ3v) is 5.06. The van der Waals surface area contributed by atoms with Crippen LogP contribution in [0.25, 0.3) is 5.76 Å². The molecule has 0 saturated heterocycles. The Bertz CT molecular complexity index is 1050. The van der Waals surface area contributed by atoms with Crippen LogP contribution < -0.4 is 10.0 Å². The monoisotopic (exact) mass is 397 g/mol. The van der Waals surface area contributed by atoms with Gasteiger partial charge < -0.3 is 9.84 Å². The number of benzene rings is 1. The molecule has 1 aliphatic rings. The smallest absolute Gasteiger partial charge is 0.401 e. The lowest BCUT2D eigenvalue weighted by atomic mass is 10.1. The molecule has 10 nitrogen and oxygen atoms in total. The van der Waals surface area contributed by atoms with Gasteiger partial charge in [0.15, 0.2) is 11.5 Å². The van der Waals surface area contributed by atoms with Crippen LogP contribution >= 0.6 is 7.82 Å². The Labute approximate surface area is 147 Å². The van der Waals surface area contributed by atoms with Crippen LogP contribution in [0.15, 0.2) is 59.3 Å². The summed E-state index contributed by atoms with van der Waals surface area (Å²) in [6.45, 7) is 0. The molecule has 2 heterocycles. The van der Waals surface area contributed by atoms with Gasteiger partial charge in [-0.15, -0.1) is 0 Å². The van der Waals surface area contributed by atoms with E-state index in [-0.39, 0.29) is 16.3 Å². The van der Waals surface area contributed by atoms with Crippen molar-refractivity contribution < 1.29 is 32.1 Å². The Morgan fingerprint density at radius 3 is 2.50 bits per heavy atom. The molecule has 12 heteroatoms. The van der Waals surface area contributed by atoms with E-state index in [0.717, 1.165) is 0 Å². The number of nitrogens with zero attached hydrogens (tertiary/aromatic N) is 1. The van der Waals surface area contributed by atoms with E-state index in [2.05, 4.69) is 14.8 Å². The number of phosphoric acid groups is 1. The van der Waals surface area contributed by atoms with E-state index in [1.807, 2.05) is 4.72 Å². The molecule has 0 spiro atoms. The van der Waals surface area contributed by atoms with E-state index in [0.29, 0.717) is 0 Å². The lowest BCUT2D eigenvalue weighted by molar-refractivity contribution is -0.113.